The minimum atomic E-state index is -0.0293. The van der Waals surface area contributed by atoms with Crippen molar-refractivity contribution in [2.45, 2.75) is 13.1 Å². The van der Waals surface area contributed by atoms with E-state index < -0.39 is 0 Å². The molecule has 0 aliphatic carbocycles. The molecule has 0 saturated heterocycles. The molecular formula is C26H25N3O3S. The van der Waals surface area contributed by atoms with E-state index in [0.717, 1.165) is 16.1 Å². The van der Waals surface area contributed by atoms with E-state index in [1.165, 1.54) is 0 Å². The Hall–Kier alpha value is -3.60. The van der Waals surface area contributed by atoms with Crippen LogP contribution in [0.25, 0.3) is 0 Å². The van der Waals surface area contributed by atoms with Gasteiger partial charge in [0, 0.05) is 29.7 Å². The minimum absolute atomic E-state index is 0.0293. The highest BCUT2D eigenvalue weighted by atomic mass is 32.1. The summed E-state index contributed by atoms with van der Waals surface area (Å²) in [7, 11) is 0. The van der Waals surface area contributed by atoms with Gasteiger partial charge in [0.1, 0.15) is 13.2 Å². The van der Waals surface area contributed by atoms with E-state index in [4.69, 9.17) is 9.47 Å². The number of benzene rings is 2. The number of thiophene rings is 1. The van der Waals surface area contributed by atoms with Crippen LogP contribution >= 0.6 is 11.3 Å². The second-order valence-electron chi connectivity index (χ2n) is 7.66. The van der Waals surface area contributed by atoms with Crippen LogP contribution in [0.3, 0.4) is 0 Å². The molecule has 0 bridgehead atoms. The number of hydrogen-bond donors (Lipinski definition) is 0. The van der Waals surface area contributed by atoms with E-state index in [1.54, 1.807) is 28.4 Å². The van der Waals surface area contributed by atoms with Gasteiger partial charge in [-0.2, -0.15) is 5.26 Å². The number of nitrogens with zero attached hydrogens (tertiary/aromatic N) is 3. The SMILES string of the molecule is C=CCN(CC(=O)N(Cc1cccs1)c1ccc2c(c1)OCCO2)Cc1cccc(C#N)c1. The van der Waals surface area contributed by atoms with E-state index in [1.807, 2.05) is 58.8 Å². The van der Waals surface area contributed by atoms with Gasteiger partial charge in [-0.1, -0.05) is 24.3 Å². The predicted molar refractivity (Wildman–Crippen MR) is 130 cm³/mol. The summed E-state index contributed by atoms with van der Waals surface area (Å²) in [5.41, 5.74) is 2.35. The molecule has 2 heterocycles. The summed E-state index contributed by atoms with van der Waals surface area (Å²) in [5.74, 6) is 1.32. The molecule has 33 heavy (non-hydrogen) atoms. The van der Waals surface area contributed by atoms with E-state index in [9.17, 15) is 10.1 Å². The summed E-state index contributed by atoms with van der Waals surface area (Å²) in [6.07, 6.45) is 1.79. The average molecular weight is 460 g/mol. The molecule has 0 spiro atoms. The van der Waals surface area contributed by atoms with Crippen LogP contribution in [0.4, 0.5) is 5.69 Å². The van der Waals surface area contributed by atoms with Gasteiger partial charge in [0.2, 0.25) is 5.91 Å². The lowest BCUT2D eigenvalue weighted by atomic mass is 10.1. The van der Waals surface area contributed by atoms with E-state index in [-0.39, 0.29) is 12.5 Å². The van der Waals surface area contributed by atoms with Gasteiger partial charge in [0.05, 0.1) is 24.7 Å². The Kier molecular flexibility index (Phi) is 7.40. The zero-order chi connectivity index (χ0) is 23.0. The average Bonchev–Trinajstić information content (AvgIpc) is 3.36. The van der Waals surface area contributed by atoms with Crippen molar-refractivity contribution in [3.05, 3.63) is 88.6 Å². The number of amides is 1. The van der Waals surface area contributed by atoms with Crippen LogP contribution in [0.2, 0.25) is 0 Å². The zero-order valence-electron chi connectivity index (χ0n) is 18.3. The highest BCUT2D eigenvalue weighted by Gasteiger charge is 2.22. The van der Waals surface area contributed by atoms with Gasteiger partial charge in [-0.05, 0) is 41.3 Å². The maximum Gasteiger partial charge on any atom is 0.241 e. The second kappa shape index (κ2) is 10.8. The Morgan fingerprint density at radius 3 is 2.70 bits per heavy atom. The Bertz CT molecular complexity index is 1150. The highest BCUT2D eigenvalue weighted by Crippen LogP contribution is 2.34. The lowest BCUT2D eigenvalue weighted by molar-refractivity contribution is -0.119. The number of rotatable bonds is 9. The fourth-order valence-electron chi connectivity index (χ4n) is 3.72. The summed E-state index contributed by atoms with van der Waals surface area (Å²) >= 11 is 1.62. The smallest absolute Gasteiger partial charge is 0.241 e. The van der Waals surface area contributed by atoms with Crippen LogP contribution in [0.1, 0.15) is 16.0 Å². The molecule has 0 fully saturated rings. The van der Waals surface area contributed by atoms with Crippen molar-refractivity contribution in [2.24, 2.45) is 0 Å². The monoisotopic (exact) mass is 459 g/mol. The van der Waals surface area contributed by atoms with Crippen molar-refractivity contribution in [1.82, 2.24) is 4.90 Å². The summed E-state index contributed by atoms with van der Waals surface area (Å²) in [6, 6.07) is 19.3. The summed E-state index contributed by atoms with van der Waals surface area (Å²) in [4.78, 5) is 18.5. The van der Waals surface area contributed by atoms with Crippen LogP contribution in [-0.4, -0.2) is 37.1 Å². The van der Waals surface area contributed by atoms with Crippen molar-refractivity contribution >= 4 is 22.9 Å². The van der Waals surface area contributed by atoms with Gasteiger partial charge >= 0.3 is 0 Å². The lowest BCUT2D eigenvalue weighted by Gasteiger charge is -2.28. The van der Waals surface area contributed by atoms with Gasteiger partial charge in [-0.15, -0.1) is 17.9 Å². The molecule has 6 nitrogen and oxygen atoms in total. The molecular weight excluding hydrogens is 434 g/mol. The van der Waals surface area contributed by atoms with Gasteiger partial charge in [-0.3, -0.25) is 9.69 Å². The summed E-state index contributed by atoms with van der Waals surface area (Å²) in [6.45, 7) is 6.64. The third kappa shape index (κ3) is 5.80. The maximum absolute atomic E-state index is 13.6. The second-order valence-corrected chi connectivity index (χ2v) is 8.69. The first-order valence-corrected chi connectivity index (χ1v) is 11.6. The Morgan fingerprint density at radius 2 is 1.94 bits per heavy atom. The van der Waals surface area contributed by atoms with Crippen LogP contribution in [0.5, 0.6) is 11.5 Å². The number of fused-ring (bicyclic) bond motifs is 1. The predicted octanol–water partition coefficient (Wildman–Crippen LogP) is 4.61. The molecule has 0 radical (unpaired) electrons. The van der Waals surface area contributed by atoms with Gasteiger partial charge in [0.25, 0.3) is 0 Å². The first-order chi connectivity index (χ1) is 16.2. The standard InChI is InChI=1S/C26H25N3O3S/c1-2-10-28(17-21-6-3-5-20(14-21)16-27)19-26(30)29(18-23-7-4-13-33-23)22-8-9-24-25(15-22)32-12-11-31-24/h2-9,13-15H,1,10-12,17-19H2. The summed E-state index contributed by atoms with van der Waals surface area (Å²) in [5, 5.41) is 11.2. The topological polar surface area (TPSA) is 65.8 Å². The molecule has 1 aliphatic heterocycles. The maximum atomic E-state index is 13.6. The normalized spacial score (nSPS) is 12.2. The van der Waals surface area contributed by atoms with Crippen molar-refractivity contribution in [3.8, 4) is 17.6 Å². The number of ether oxygens (including phenoxy) is 2. The molecule has 1 aliphatic rings. The fourth-order valence-corrected chi connectivity index (χ4v) is 4.42. The largest absolute Gasteiger partial charge is 0.486 e. The number of nitriles is 1. The van der Waals surface area contributed by atoms with Crippen molar-refractivity contribution in [2.75, 3.05) is 31.2 Å². The van der Waals surface area contributed by atoms with Crippen LogP contribution in [0, 0.1) is 11.3 Å². The number of hydrogen-bond acceptors (Lipinski definition) is 6. The Morgan fingerprint density at radius 1 is 1.09 bits per heavy atom. The van der Waals surface area contributed by atoms with E-state index >= 15 is 0 Å². The molecule has 2 aromatic carbocycles. The molecule has 0 N–H and O–H groups in total. The third-order valence-electron chi connectivity index (χ3n) is 5.24. The molecule has 0 atom stereocenters. The molecule has 7 heteroatoms. The van der Waals surface area contributed by atoms with E-state index in [0.29, 0.717) is 49.9 Å². The van der Waals surface area contributed by atoms with Crippen molar-refractivity contribution in [1.29, 1.82) is 5.26 Å². The molecule has 168 valence electrons. The zero-order valence-corrected chi connectivity index (χ0v) is 19.1. The fraction of sp³-hybridized carbons (Fsp3) is 0.231. The molecule has 0 unspecified atom stereocenters. The van der Waals surface area contributed by atoms with Gasteiger partial charge in [0.15, 0.2) is 11.5 Å². The molecule has 3 aromatic rings. The first kappa shape index (κ1) is 22.6. The molecule has 1 aromatic heterocycles. The van der Waals surface area contributed by atoms with Gasteiger partial charge < -0.3 is 14.4 Å². The third-order valence-corrected chi connectivity index (χ3v) is 6.10. The number of carbonyl (C=O) groups excluding carboxylic acids is 1. The first-order valence-electron chi connectivity index (χ1n) is 10.7. The quantitative estimate of drug-likeness (QED) is 0.437. The molecule has 0 saturated carbocycles. The van der Waals surface area contributed by atoms with Crippen LogP contribution in [-0.2, 0) is 17.9 Å². The summed E-state index contributed by atoms with van der Waals surface area (Å²) < 4.78 is 11.4. The van der Waals surface area contributed by atoms with E-state index in [2.05, 4.69) is 12.6 Å². The number of carbonyl (C=O) groups is 1. The van der Waals surface area contributed by atoms with Gasteiger partial charge in [-0.25, -0.2) is 0 Å². The molecule has 4 rings (SSSR count). The van der Waals surface area contributed by atoms with Crippen LogP contribution in [0.15, 0.2) is 72.6 Å². The highest BCUT2D eigenvalue weighted by molar-refractivity contribution is 7.09. The Labute approximate surface area is 197 Å². The number of anilines is 1. The Balaban J connectivity index is 1.56. The van der Waals surface area contributed by atoms with Crippen molar-refractivity contribution in [3.63, 3.8) is 0 Å². The molecule has 1 amide bonds. The van der Waals surface area contributed by atoms with Crippen molar-refractivity contribution < 1.29 is 14.3 Å². The van der Waals surface area contributed by atoms with Crippen LogP contribution < -0.4 is 14.4 Å². The minimum Gasteiger partial charge on any atom is -0.486 e. The lowest BCUT2D eigenvalue weighted by Crippen LogP contribution is -2.40.